The van der Waals surface area contributed by atoms with Crippen molar-refractivity contribution in [3.8, 4) is 29.2 Å². The van der Waals surface area contributed by atoms with E-state index >= 15 is 0 Å². The van der Waals surface area contributed by atoms with Gasteiger partial charge in [0.05, 0.1) is 26.9 Å². The van der Waals surface area contributed by atoms with Crippen molar-refractivity contribution in [2.75, 3.05) is 20.8 Å². The standard InChI is InChI=1S/C19H19N3O5/c1-4-26-18(23)17-14(10-11-22(17)13-8-6-5-7-9-13)27-19-20-15(24-2)12-16(21-19)25-3/h5-12H,4H2,1-3H3. The third-order valence-corrected chi connectivity index (χ3v) is 3.63. The zero-order chi connectivity index (χ0) is 19.2. The van der Waals surface area contributed by atoms with Crippen molar-refractivity contribution in [1.29, 1.82) is 0 Å². The van der Waals surface area contributed by atoms with E-state index in [-0.39, 0.29) is 35.8 Å². The fourth-order valence-corrected chi connectivity index (χ4v) is 2.44. The van der Waals surface area contributed by atoms with Crippen molar-refractivity contribution in [2.45, 2.75) is 6.92 Å². The Morgan fingerprint density at radius 1 is 1.04 bits per heavy atom. The number of hydrogen-bond donors (Lipinski definition) is 0. The molecule has 0 spiro atoms. The number of methoxy groups -OCH3 is 2. The number of para-hydroxylation sites is 1. The van der Waals surface area contributed by atoms with Crippen LogP contribution in [0.15, 0.2) is 48.7 Å². The molecule has 140 valence electrons. The summed E-state index contributed by atoms with van der Waals surface area (Å²) in [7, 11) is 2.95. The first-order valence-corrected chi connectivity index (χ1v) is 8.25. The van der Waals surface area contributed by atoms with E-state index in [4.69, 9.17) is 18.9 Å². The predicted molar refractivity (Wildman–Crippen MR) is 96.9 cm³/mol. The zero-order valence-electron chi connectivity index (χ0n) is 15.2. The van der Waals surface area contributed by atoms with Crippen LogP contribution in [0.2, 0.25) is 0 Å². The summed E-state index contributed by atoms with van der Waals surface area (Å²) in [5, 5.41) is 0. The Labute approximate surface area is 156 Å². The summed E-state index contributed by atoms with van der Waals surface area (Å²) >= 11 is 0. The van der Waals surface area contributed by atoms with E-state index in [1.807, 2.05) is 30.3 Å². The van der Waals surface area contributed by atoms with Gasteiger partial charge in [-0.2, -0.15) is 9.97 Å². The maximum absolute atomic E-state index is 12.5. The van der Waals surface area contributed by atoms with Gasteiger partial charge in [-0.3, -0.25) is 0 Å². The van der Waals surface area contributed by atoms with Gasteiger partial charge < -0.3 is 23.5 Å². The second kappa shape index (κ2) is 8.22. The average Bonchev–Trinajstić information content (AvgIpc) is 3.12. The summed E-state index contributed by atoms with van der Waals surface area (Å²) in [5.41, 5.74) is 1.02. The van der Waals surface area contributed by atoms with Gasteiger partial charge in [0.15, 0.2) is 11.4 Å². The van der Waals surface area contributed by atoms with Crippen molar-refractivity contribution in [1.82, 2.24) is 14.5 Å². The molecule has 0 fully saturated rings. The normalized spacial score (nSPS) is 10.3. The molecule has 0 bridgehead atoms. The van der Waals surface area contributed by atoms with Gasteiger partial charge >= 0.3 is 12.0 Å². The highest BCUT2D eigenvalue weighted by Crippen LogP contribution is 2.29. The minimum absolute atomic E-state index is 0.0115. The van der Waals surface area contributed by atoms with E-state index in [0.29, 0.717) is 0 Å². The van der Waals surface area contributed by atoms with E-state index in [1.165, 1.54) is 20.3 Å². The van der Waals surface area contributed by atoms with E-state index in [1.54, 1.807) is 23.8 Å². The van der Waals surface area contributed by atoms with Crippen LogP contribution < -0.4 is 14.2 Å². The fourth-order valence-electron chi connectivity index (χ4n) is 2.44. The first-order valence-electron chi connectivity index (χ1n) is 8.25. The minimum Gasteiger partial charge on any atom is -0.481 e. The average molecular weight is 369 g/mol. The van der Waals surface area contributed by atoms with Gasteiger partial charge in [-0.15, -0.1) is 0 Å². The molecule has 27 heavy (non-hydrogen) atoms. The number of hydrogen-bond acceptors (Lipinski definition) is 7. The molecular formula is C19H19N3O5. The molecule has 8 nitrogen and oxygen atoms in total. The maximum atomic E-state index is 12.5. The number of carbonyl (C=O) groups excluding carboxylic acids is 1. The number of benzene rings is 1. The number of ether oxygens (including phenoxy) is 4. The summed E-state index contributed by atoms with van der Waals surface area (Å²) in [6, 6.07) is 12.5. The first kappa shape index (κ1) is 18.2. The van der Waals surface area contributed by atoms with Crippen LogP contribution in [0.4, 0.5) is 0 Å². The molecule has 0 saturated heterocycles. The highest BCUT2D eigenvalue weighted by Gasteiger charge is 2.22. The lowest BCUT2D eigenvalue weighted by Gasteiger charge is -2.11. The van der Waals surface area contributed by atoms with Crippen molar-refractivity contribution < 1.29 is 23.7 Å². The molecule has 0 atom stereocenters. The fraction of sp³-hybridized carbons (Fsp3) is 0.211. The van der Waals surface area contributed by atoms with Crippen LogP contribution in [0.5, 0.6) is 23.5 Å². The van der Waals surface area contributed by atoms with E-state index in [0.717, 1.165) is 5.69 Å². The molecule has 2 heterocycles. The number of rotatable bonds is 7. The number of carbonyl (C=O) groups is 1. The molecule has 0 aliphatic heterocycles. The smallest absolute Gasteiger partial charge is 0.359 e. The van der Waals surface area contributed by atoms with Gasteiger partial charge in [0, 0.05) is 18.0 Å². The van der Waals surface area contributed by atoms with E-state index in [9.17, 15) is 4.79 Å². The monoisotopic (exact) mass is 369 g/mol. The largest absolute Gasteiger partial charge is 0.481 e. The lowest BCUT2D eigenvalue weighted by Crippen LogP contribution is -2.12. The van der Waals surface area contributed by atoms with Crippen LogP contribution in [-0.4, -0.2) is 41.3 Å². The second-order valence-electron chi connectivity index (χ2n) is 5.29. The summed E-state index contributed by atoms with van der Waals surface area (Å²) in [5.74, 6) is 0.290. The van der Waals surface area contributed by atoms with Gasteiger partial charge in [-0.25, -0.2) is 4.79 Å². The molecule has 8 heteroatoms. The number of aromatic nitrogens is 3. The molecule has 0 N–H and O–H groups in total. The van der Waals surface area contributed by atoms with Crippen LogP contribution in [0.1, 0.15) is 17.4 Å². The van der Waals surface area contributed by atoms with Crippen LogP contribution in [0.3, 0.4) is 0 Å². The van der Waals surface area contributed by atoms with Gasteiger partial charge in [0.1, 0.15) is 0 Å². The Kier molecular flexibility index (Phi) is 5.55. The highest BCUT2D eigenvalue weighted by atomic mass is 16.5. The van der Waals surface area contributed by atoms with Crippen molar-refractivity contribution in [3.63, 3.8) is 0 Å². The summed E-state index contributed by atoms with van der Waals surface area (Å²) in [6.07, 6.45) is 1.72. The second-order valence-corrected chi connectivity index (χ2v) is 5.29. The molecule has 0 aliphatic carbocycles. The molecule has 0 amide bonds. The lowest BCUT2D eigenvalue weighted by molar-refractivity contribution is 0.0514. The Morgan fingerprint density at radius 2 is 1.70 bits per heavy atom. The number of nitrogens with zero attached hydrogens (tertiary/aromatic N) is 3. The van der Waals surface area contributed by atoms with E-state index < -0.39 is 5.97 Å². The summed E-state index contributed by atoms with van der Waals surface area (Å²) < 4.78 is 22.9. The quantitative estimate of drug-likeness (QED) is 0.591. The molecule has 0 aliphatic rings. The van der Waals surface area contributed by atoms with Gasteiger partial charge in [-0.05, 0) is 19.1 Å². The van der Waals surface area contributed by atoms with Crippen LogP contribution >= 0.6 is 0 Å². The molecule has 3 aromatic rings. The Morgan fingerprint density at radius 3 is 2.30 bits per heavy atom. The molecule has 1 aromatic carbocycles. The molecule has 2 aromatic heterocycles. The summed E-state index contributed by atoms with van der Waals surface area (Å²) in [4.78, 5) is 20.8. The lowest BCUT2D eigenvalue weighted by atomic mass is 10.3. The first-order chi connectivity index (χ1) is 13.2. The summed E-state index contributed by atoms with van der Waals surface area (Å²) in [6.45, 7) is 1.98. The topological polar surface area (TPSA) is 84.7 Å². The number of esters is 1. The Bertz CT molecular complexity index is 902. The molecule has 3 rings (SSSR count). The SMILES string of the molecule is CCOC(=O)c1c(Oc2nc(OC)cc(OC)n2)ccn1-c1ccccc1. The predicted octanol–water partition coefficient (Wildman–Crippen LogP) is 3.25. The van der Waals surface area contributed by atoms with Gasteiger partial charge in [0.25, 0.3) is 0 Å². The zero-order valence-corrected chi connectivity index (χ0v) is 15.2. The van der Waals surface area contributed by atoms with E-state index in [2.05, 4.69) is 9.97 Å². The highest BCUT2D eigenvalue weighted by molar-refractivity contribution is 5.91. The molecule has 0 unspecified atom stereocenters. The van der Waals surface area contributed by atoms with Gasteiger partial charge in [-0.1, -0.05) is 18.2 Å². The Hall–Kier alpha value is -3.55. The van der Waals surface area contributed by atoms with Crippen LogP contribution in [0.25, 0.3) is 5.69 Å². The molecule has 0 saturated carbocycles. The van der Waals surface area contributed by atoms with Gasteiger partial charge in [0.2, 0.25) is 11.8 Å². The van der Waals surface area contributed by atoms with Crippen molar-refractivity contribution in [3.05, 3.63) is 54.4 Å². The minimum atomic E-state index is -0.517. The third-order valence-electron chi connectivity index (χ3n) is 3.63. The van der Waals surface area contributed by atoms with Crippen molar-refractivity contribution in [2.24, 2.45) is 0 Å². The molecular weight excluding hydrogens is 350 g/mol. The van der Waals surface area contributed by atoms with Crippen molar-refractivity contribution >= 4 is 5.97 Å². The van der Waals surface area contributed by atoms with Crippen LogP contribution in [-0.2, 0) is 4.74 Å². The Balaban J connectivity index is 2.03. The van der Waals surface area contributed by atoms with Crippen LogP contribution in [0, 0.1) is 0 Å². The maximum Gasteiger partial charge on any atom is 0.359 e. The molecule has 0 radical (unpaired) electrons. The third kappa shape index (κ3) is 4.00.